The van der Waals surface area contributed by atoms with E-state index in [2.05, 4.69) is 4.98 Å². The van der Waals surface area contributed by atoms with Crippen LogP contribution in [0.4, 0.5) is 11.5 Å². The monoisotopic (exact) mass is 422 g/mol. The Bertz CT molecular complexity index is 1110. The molecule has 0 saturated heterocycles. The quantitative estimate of drug-likeness (QED) is 0.341. The van der Waals surface area contributed by atoms with E-state index in [9.17, 15) is 9.90 Å². The van der Waals surface area contributed by atoms with E-state index in [1.54, 1.807) is 41.8 Å². The number of aromatic carboxylic acids is 1. The van der Waals surface area contributed by atoms with Crippen LogP contribution in [-0.4, -0.2) is 26.9 Å². The van der Waals surface area contributed by atoms with Gasteiger partial charge in [0.15, 0.2) is 0 Å². The number of nitrogens with zero attached hydrogens (tertiary/aromatic N) is 1. The molecular formula is C23H21ClN3O3+. The van der Waals surface area contributed by atoms with E-state index in [0.717, 1.165) is 24.1 Å². The van der Waals surface area contributed by atoms with Crippen molar-refractivity contribution < 1.29 is 20.3 Å². The summed E-state index contributed by atoms with van der Waals surface area (Å²) in [7, 11) is 0. The van der Waals surface area contributed by atoms with Gasteiger partial charge in [-0.1, -0.05) is 23.7 Å². The van der Waals surface area contributed by atoms with Crippen molar-refractivity contribution in [2.75, 3.05) is 0 Å². The fourth-order valence-electron chi connectivity index (χ4n) is 3.52. The summed E-state index contributed by atoms with van der Waals surface area (Å²) in [5.41, 5.74) is 3.05. The Hall–Kier alpha value is -3.06. The summed E-state index contributed by atoms with van der Waals surface area (Å²) in [6.07, 6.45) is 2.57. The van der Waals surface area contributed by atoms with Crippen LogP contribution in [0.15, 0.2) is 60.8 Å². The number of hydrogen-bond acceptors (Lipinski definition) is 4. The minimum absolute atomic E-state index is 0.0199. The zero-order chi connectivity index (χ0) is 21.3. The number of aliphatic hydroxyl groups excluding tert-OH is 1. The standard InChI is InChI=1S/C23H20ClN3O3/c24-18-5-1-3-16(13-6-7-13)19(18)21(28)20(25)17-4-2-12-26-22(17)27-15-10-8-14(9-11-15)23(29)30/h1-5,8-13,21,25,28H,6-7H2,(H,26,27)(H,29,30)/p+1. The molecule has 2 aromatic carbocycles. The first-order valence-electron chi connectivity index (χ1n) is 9.64. The third-order valence-corrected chi connectivity index (χ3v) is 5.57. The van der Waals surface area contributed by atoms with E-state index in [1.807, 2.05) is 12.1 Å². The number of hydrogen-bond donors (Lipinski definition) is 4. The second-order valence-corrected chi connectivity index (χ2v) is 7.75. The van der Waals surface area contributed by atoms with Crippen LogP contribution in [0, 0.1) is 5.41 Å². The smallest absolute Gasteiger partial charge is 0.335 e. The molecule has 4 rings (SSSR count). The number of pyridine rings is 1. The third kappa shape index (κ3) is 4.11. The van der Waals surface area contributed by atoms with Crippen LogP contribution >= 0.6 is 11.6 Å². The van der Waals surface area contributed by atoms with Crippen molar-refractivity contribution in [2.24, 2.45) is 0 Å². The summed E-state index contributed by atoms with van der Waals surface area (Å²) in [5, 5.41) is 31.0. The van der Waals surface area contributed by atoms with Gasteiger partial charge in [-0.3, -0.25) is 5.32 Å². The van der Waals surface area contributed by atoms with Crippen LogP contribution in [-0.2, 0) is 0 Å². The Morgan fingerprint density at radius 1 is 1.13 bits per heavy atom. The number of nitrogens with two attached hydrogens (primary N) is 1. The second-order valence-electron chi connectivity index (χ2n) is 7.34. The normalized spacial score (nSPS) is 14.3. The summed E-state index contributed by atoms with van der Waals surface area (Å²) in [4.78, 5) is 15.4. The maximum absolute atomic E-state index is 11.1. The topological polar surface area (TPSA) is 111 Å². The summed E-state index contributed by atoms with van der Waals surface area (Å²) in [6.45, 7) is 0. The van der Waals surface area contributed by atoms with Gasteiger partial charge < -0.3 is 15.6 Å². The fourth-order valence-corrected chi connectivity index (χ4v) is 3.81. The van der Waals surface area contributed by atoms with Gasteiger partial charge in [0.1, 0.15) is 11.8 Å². The molecule has 152 valence electrons. The maximum Gasteiger partial charge on any atom is 0.335 e. The van der Waals surface area contributed by atoms with Gasteiger partial charge in [0.25, 0.3) is 0 Å². The zero-order valence-corrected chi connectivity index (χ0v) is 16.8. The molecule has 1 fully saturated rings. The molecule has 1 atom stereocenters. The molecular weight excluding hydrogens is 402 g/mol. The van der Waals surface area contributed by atoms with Gasteiger partial charge in [0, 0.05) is 28.9 Å². The predicted molar refractivity (Wildman–Crippen MR) is 114 cm³/mol. The first kappa shape index (κ1) is 20.2. The van der Waals surface area contributed by atoms with E-state index in [-0.39, 0.29) is 11.3 Å². The van der Waals surface area contributed by atoms with Crippen LogP contribution in [0.25, 0.3) is 0 Å². The number of quaternary nitrogens is 1. The molecule has 5 N–H and O–H groups in total. The SMILES string of the molecule is N=C(c1cccnc1[NH2+]c1ccc(C(=O)O)cc1)C(O)c1c(Cl)cccc1C1CC1. The van der Waals surface area contributed by atoms with Gasteiger partial charge in [-0.15, -0.1) is 0 Å². The summed E-state index contributed by atoms with van der Waals surface area (Å²) >= 11 is 6.41. The number of nitrogens with one attached hydrogen (secondary N) is 1. The second kappa shape index (κ2) is 8.36. The lowest BCUT2D eigenvalue weighted by Crippen LogP contribution is -2.72. The molecule has 6 nitrogen and oxygen atoms in total. The zero-order valence-electron chi connectivity index (χ0n) is 16.0. The number of aromatic nitrogens is 1. The number of benzene rings is 2. The number of rotatable bonds is 7. The van der Waals surface area contributed by atoms with E-state index in [1.165, 1.54) is 12.1 Å². The van der Waals surface area contributed by atoms with E-state index >= 15 is 0 Å². The largest absolute Gasteiger partial charge is 0.478 e. The minimum Gasteiger partial charge on any atom is -0.478 e. The minimum atomic E-state index is -1.17. The molecule has 1 unspecified atom stereocenters. The Balaban J connectivity index is 1.64. The Labute approximate surface area is 178 Å². The lowest BCUT2D eigenvalue weighted by atomic mass is 9.93. The highest BCUT2D eigenvalue weighted by atomic mass is 35.5. The molecule has 0 amide bonds. The van der Waals surface area contributed by atoms with Gasteiger partial charge in [0.05, 0.1) is 16.8 Å². The Morgan fingerprint density at radius 3 is 2.53 bits per heavy atom. The molecule has 0 spiro atoms. The lowest BCUT2D eigenvalue weighted by molar-refractivity contribution is -0.483. The molecule has 7 heteroatoms. The van der Waals surface area contributed by atoms with Crippen LogP contribution in [0.1, 0.15) is 51.9 Å². The van der Waals surface area contributed by atoms with Gasteiger partial charge >= 0.3 is 5.97 Å². The summed E-state index contributed by atoms with van der Waals surface area (Å²) in [6, 6.07) is 15.4. The Kier molecular flexibility index (Phi) is 5.63. The molecule has 3 aromatic rings. The van der Waals surface area contributed by atoms with Gasteiger partial charge in [-0.25, -0.2) is 9.78 Å². The maximum atomic E-state index is 11.1. The van der Waals surface area contributed by atoms with Crippen LogP contribution < -0.4 is 5.32 Å². The van der Waals surface area contributed by atoms with Crippen molar-refractivity contribution >= 4 is 34.8 Å². The van der Waals surface area contributed by atoms with Crippen LogP contribution in [0.3, 0.4) is 0 Å². The highest BCUT2D eigenvalue weighted by Gasteiger charge is 2.31. The first-order chi connectivity index (χ1) is 14.5. The molecule has 1 aliphatic carbocycles. The molecule has 0 radical (unpaired) electrons. The van der Waals surface area contributed by atoms with Gasteiger partial charge in [-0.05, 0) is 54.7 Å². The van der Waals surface area contributed by atoms with Crippen LogP contribution in [0.2, 0.25) is 5.02 Å². The molecule has 1 saturated carbocycles. The molecule has 1 heterocycles. The predicted octanol–water partition coefficient (Wildman–Crippen LogP) is 3.94. The van der Waals surface area contributed by atoms with Crippen molar-refractivity contribution in [1.29, 1.82) is 5.41 Å². The molecule has 1 aliphatic rings. The van der Waals surface area contributed by atoms with E-state index < -0.39 is 12.1 Å². The number of carbonyl (C=O) groups is 1. The average Bonchev–Trinajstić information content (AvgIpc) is 3.59. The summed E-state index contributed by atoms with van der Waals surface area (Å²) in [5.74, 6) is -0.0883. The average molecular weight is 423 g/mol. The van der Waals surface area contributed by atoms with Gasteiger partial charge in [0.2, 0.25) is 5.82 Å². The highest BCUT2D eigenvalue weighted by Crippen LogP contribution is 2.45. The van der Waals surface area contributed by atoms with E-state index in [4.69, 9.17) is 22.1 Å². The molecule has 1 aromatic heterocycles. The van der Waals surface area contributed by atoms with Crippen molar-refractivity contribution in [3.63, 3.8) is 0 Å². The Morgan fingerprint density at radius 2 is 1.87 bits per heavy atom. The fraction of sp³-hybridized carbons (Fsp3) is 0.174. The van der Waals surface area contributed by atoms with Crippen LogP contribution in [0.5, 0.6) is 0 Å². The summed E-state index contributed by atoms with van der Waals surface area (Å²) < 4.78 is 0. The van der Waals surface area contributed by atoms with Crippen molar-refractivity contribution in [3.05, 3.63) is 88.1 Å². The molecule has 0 bridgehead atoms. The third-order valence-electron chi connectivity index (χ3n) is 5.24. The number of halogens is 1. The lowest BCUT2D eigenvalue weighted by Gasteiger charge is -2.19. The van der Waals surface area contributed by atoms with Crippen molar-refractivity contribution in [1.82, 2.24) is 4.98 Å². The highest BCUT2D eigenvalue weighted by molar-refractivity contribution is 6.32. The number of aliphatic hydroxyl groups is 1. The van der Waals surface area contributed by atoms with Crippen molar-refractivity contribution in [2.45, 2.75) is 24.9 Å². The van der Waals surface area contributed by atoms with Crippen molar-refractivity contribution in [3.8, 4) is 0 Å². The first-order valence-corrected chi connectivity index (χ1v) is 10.0. The van der Waals surface area contributed by atoms with E-state index in [0.29, 0.717) is 27.9 Å². The molecule has 30 heavy (non-hydrogen) atoms. The molecule has 0 aliphatic heterocycles. The number of carboxylic acid groups (broad SMARTS) is 1. The number of carboxylic acids is 1. The van der Waals surface area contributed by atoms with Gasteiger partial charge in [-0.2, -0.15) is 0 Å².